The highest BCUT2D eigenvalue weighted by molar-refractivity contribution is 5.66. The number of nitriles is 1. The SMILES string of the molecule is CN1CCC[C@H]1COc1nc2c(c(N3CCN(C(=O)O)CC3C#N)n1)CCNC2. The lowest BCUT2D eigenvalue weighted by Crippen LogP contribution is -2.54. The van der Waals surface area contributed by atoms with Crippen LogP contribution in [0.5, 0.6) is 6.01 Å². The molecule has 2 N–H and O–H groups in total. The van der Waals surface area contributed by atoms with E-state index in [9.17, 15) is 15.2 Å². The summed E-state index contributed by atoms with van der Waals surface area (Å²) in [5.41, 5.74) is 1.92. The number of amides is 1. The Morgan fingerprint density at radius 1 is 1.38 bits per heavy atom. The van der Waals surface area contributed by atoms with E-state index in [1.54, 1.807) is 0 Å². The third kappa shape index (κ3) is 4.06. The summed E-state index contributed by atoms with van der Waals surface area (Å²) in [6.45, 7) is 3.98. The van der Waals surface area contributed by atoms with E-state index in [4.69, 9.17) is 9.72 Å². The van der Waals surface area contributed by atoms with Crippen LogP contribution in [0.1, 0.15) is 24.1 Å². The maximum Gasteiger partial charge on any atom is 0.407 e. The number of hydrogen-bond donors (Lipinski definition) is 2. The number of fused-ring (bicyclic) bond motifs is 1. The zero-order valence-corrected chi connectivity index (χ0v) is 16.7. The average molecular weight is 401 g/mol. The Kier molecular flexibility index (Phi) is 5.69. The predicted octanol–water partition coefficient (Wildman–Crippen LogP) is 0.287. The number of anilines is 1. The van der Waals surface area contributed by atoms with Gasteiger partial charge in [0, 0.05) is 31.2 Å². The fraction of sp³-hybridized carbons (Fsp3) is 0.684. The Labute approximate surface area is 170 Å². The van der Waals surface area contributed by atoms with Crippen molar-refractivity contribution in [1.82, 2.24) is 25.1 Å². The molecule has 2 atom stereocenters. The minimum absolute atomic E-state index is 0.145. The van der Waals surface area contributed by atoms with Gasteiger partial charge in [-0.25, -0.2) is 4.79 Å². The first-order valence-electron chi connectivity index (χ1n) is 10.1. The van der Waals surface area contributed by atoms with Crippen LogP contribution in [0, 0.1) is 11.3 Å². The smallest absolute Gasteiger partial charge is 0.407 e. The van der Waals surface area contributed by atoms with Crippen molar-refractivity contribution in [1.29, 1.82) is 5.26 Å². The maximum absolute atomic E-state index is 11.3. The highest BCUT2D eigenvalue weighted by atomic mass is 16.5. The van der Waals surface area contributed by atoms with Crippen molar-refractivity contribution in [2.24, 2.45) is 0 Å². The van der Waals surface area contributed by atoms with Crippen molar-refractivity contribution < 1.29 is 14.6 Å². The summed E-state index contributed by atoms with van der Waals surface area (Å²) in [6.07, 6.45) is 2.04. The molecule has 1 aromatic rings. The molecule has 0 radical (unpaired) electrons. The number of nitrogens with one attached hydrogen (secondary N) is 1. The third-order valence-corrected chi connectivity index (χ3v) is 6.04. The third-order valence-electron chi connectivity index (χ3n) is 6.04. The van der Waals surface area contributed by atoms with E-state index in [2.05, 4.69) is 28.3 Å². The van der Waals surface area contributed by atoms with Gasteiger partial charge in [0.2, 0.25) is 0 Å². The number of piperazine rings is 1. The summed E-state index contributed by atoms with van der Waals surface area (Å²) in [6, 6.07) is 2.36. The lowest BCUT2D eigenvalue weighted by molar-refractivity contribution is 0.138. The second kappa shape index (κ2) is 8.39. The fourth-order valence-corrected chi connectivity index (χ4v) is 4.30. The zero-order valence-electron chi connectivity index (χ0n) is 16.7. The monoisotopic (exact) mass is 401 g/mol. The molecule has 4 rings (SSSR count). The summed E-state index contributed by atoms with van der Waals surface area (Å²) < 4.78 is 5.98. The number of nitrogens with zero attached hydrogens (tertiary/aromatic N) is 6. The minimum atomic E-state index is -0.997. The van der Waals surface area contributed by atoms with E-state index in [0.717, 1.165) is 37.2 Å². The molecule has 0 aromatic carbocycles. The lowest BCUT2D eigenvalue weighted by Gasteiger charge is -2.39. The van der Waals surface area contributed by atoms with E-state index in [1.807, 2.05) is 4.90 Å². The van der Waals surface area contributed by atoms with Gasteiger partial charge in [-0.15, -0.1) is 0 Å². The molecule has 1 unspecified atom stereocenters. The molecule has 3 aliphatic heterocycles. The van der Waals surface area contributed by atoms with Gasteiger partial charge in [-0.2, -0.15) is 15.2 Å². The summed E-state index contributed by atoms with van der Waals surface area (Å²) >= 11 is 0. The molecule has 156 valence electrons. The van der Waals surface area contributed by atoms with Crippen LogP contribution in [0.3, 0.4) is 0 Å². The van der Waals surface area contributed by atoms with Crippen molar-refractivity contribution in [3.8, 4) is 12.1 Å². The number of carboxylic acid groups (broad SMARTS) is 1. The predicted molar refractivity (Wildman–Crippen MR) is 105 cm³/mol. The number of ether oxygens (including phenoxy) is 1. The number of aromatic nitrogens is 2. The van der Waals surface area contributed by atoms with Gasteiger partial charge in [0.1, 0.15) is 18.5 Å². The normalized spacial score (nSPS) is 24.8. The Bertz CT molecular complexity index is 812. The molecule has 2 fully saturated rings. The number of carbonyl (C=O) groups is 1. The first-order valence-corrected chi connectivity index (χ1v) is 10.1. The number of rotatable bonds is 4. The molecular formula is C19H27N7O3. The molecule has 0 saturated carbocycles. The van der Waals surface area contributed by atoms with Gasteiger partial charge >= 0.3 is 12.1 Å². The molecule has 29 heavy (non-hydrogen) atoms. The zero-order chi connectivity index (χ0) is 20.4. The van der Waals surface area contributed by atoms with E-state index >= 15 is 0 Å². The molecule has 4 heterocycles. The van der Waals surface area contributed by atoms with Crippen molar-refractivity contribution in [2.75, 3.05) is 51.3 Å². The number of likely N-dealkylation sites (N-methyl/N-ethyl adjacent to an activating group) is 1. The molecule has 0 aliphatic carbocycles. The van der Waals surface area contributed by atoms with Crippen LogP contribution >= 0.6 is 0 Å². The first kappa shape index (κ1) is 19.7. The van der Waals surface area contributed by atoms with Gasteiger partial charge in [-0.1, -0.05) is 0 Å². The van der Waals surface area contributed by atoms with E-state index in [1.165, 1.54) is 11.3 Å². The van der Waals surface area contributed by atoms with Crippen LogP contribution in [0.15, 0.2) is 0 Å². The average Bonchev–Trinajstić information content (AvgIpc) is 3.15. The molecule has 3 aliphatic rings. The summed E-state index contributed by atoms with van der Waals surface area (Å²) in [7, 11) is 2.10. The summed E-state index contributed by atoms with van der Waals surface area (Å²) in [5.74, 6) is 0.711. The first-order chi connectivity index (χ1) is 14.1. The van der Waals surface area contributed by atoms with Crippen LogP contribution in [0.25, 0.3) is 0 Å². The van der Waals surface area contributed by atoms with Gasteiger partial charge in [-0.3, -0.25) is 0 Å². The summed E-state index contributed by atoms with van der Waals surface area (Å²) in [5, 5.41) is 22.3. The molecular weight excluding hydrogens is 374 g/mol. The minimum Gasteiger partial charge on any atom is -0.465 e. The molecule has 10 nitrogen and oxygen atoms in total. The maximum atomic E-state index is 11.3. The molecule has 1 amide bonds. The second-order valence-electron chi connectivity index (χ2n) is 7.84. The standard InChI is InChI=1S/C19H27N7O3/c1-24-6-2-3-13(24)12-29-18-22-16-10-21-5-4-15(16)17(23-18)26-8-7-25(19(27)28)11-14(26)9-20/h13-14,21H,2-8,10-12H2,1H3,(H,27,28)/t13-,14?/m0/s1. The Morgan fingerprint density at radius 3 is 2.97 bits per heavy atom. The van der Waals surface area contributed by atoms with Gasteiger partial charge < -0.3 is 29.9 Å². The van der Waals surface area contributed by atoms with Gasteiger partial charge in [0.25, 0.3) is 0 Å². The largest absolute Gasteiger partial charge is 0.465 e. The van der Waals surface area contributed by atoms with Gasteiger partial charge in [-0.05, 0) is 39.4 Å². The van der Waals surface area contributed by atoms with Crippen LogP contribution < -0.4 is 15.0 Å². The van der Waals surface area contributed by atoms with Gasteiger partial charge in [0.15, 0.2) is 0 Å². The quantitative estimate of drug-likeness (QED) is 0.734. The van der Waals surface area contributed by atoms with Crippen LogP contribution in [-0.4, -0.2) is 89.4 Å². The lowest BCUT2D eigenvalue weighted by atomic mass is 10.0. The highest BCUT2D eigenvalue weighted by Crippen LogP contribution is 2.29. The molecule has 0 spiro atoms. The Morgan fingerprint density at radius 2 is 2.24 bits per heavy atom. The number of hydrogen-bond acceptors (Lipinski definition) is 8. The van der Waals surface area contributed by atoms with Crippen molar-refractivity contribution in [3.63, 3.8) is 0 Å². The number of likely N-dealkylation sites (tertiary alicyclic amines) is 1. The second-order valence-corrected chi connectivity index (χ2v) is 7.84. The highest BCUT2D eigenvalue weighted by Gasteiger charge is 2.33. The molecule has 2 saturated heterocycles. The van der Waals surface area contributed by atoms with Crippen molar-refractivity contribution in [2.45, 2.75) is 37.9 Å². The van der Waals surface area contributed by atoms with Crippen LogP contribution in [0.2, 0.25) is 0 Å². The van der Waals surface area contributed by atoms with E-state index in [0.29, 0.717) is 44.1 Å². The van der Waals surface area contributed by atoms with Gasteiger partial charge in [0.05, 0.1) is 18.3 Å². The Hall–Kier alpha value is -2.64. The summed E-state index contributed by atoms with van der Waals surface area (Å²) in [4.78, 5) is 26.1. The van der Waals surface area contributed by atoms with Crippen LogP contribution in [-0.2, 0) is 13.0 Å². The topological polar surface area (TPSA) is 118 Å². The van der Waals surface area contributed by atoms with Crippen molar-refractivity contribution >= 4 is 11.9 Å². The fourth-order valence-electron chi connectivity index (χ4n) is 4.30. The van der Waals surface area contributed by atoms with E-state index < -0.39 is 12.1 Å². The Balaban J connectivity index is 1.59. The van der Waals surface area contributed by atoms with Crippen LogP contribution in [0.4, 0.5) is 10.6 Å². The van der Waals surface area contributed by atoms with E-state index in [-0.39, 0.29) is 6.54 Å². The van der Waals surface area contributed by atoms with Crippen molar-refractivity contribution in [3.05, 3.63) is 11.3 Å². The molecule has 10 heteroatoms. The molecule has 1 aromatic heterocycles. The molecule has 0 bridgehead atoms.